The summed E-state index contributed by atoms with van der Waals surface area (Å²) < 4.78 is 28.4. The molecule has 0 bridgehead atoms. The highest BCUT2D eigenvalue weighted by Gasteiger charge is 2.02. The highest BCUT2D eigenvalue weighted by molar-refractivity contribution is 5.81. The second-order valence-electron chi connectivity index (χ2n) is 4.71. The van der Waals surface area contributed by atoms with E-state index in [1.807, 2.05) is 36.4 Å². The minimum Gasteiger partial charge on any atom is -0.435 e. The van der Waals surface area contributed by atoms with Crippen LogP contribution in [0.4, 0.5) is 14.6 Å². The van der Waals surface area contributed by atoms with E-state index in [1.165, 1.54) is 12.1 Å². The van der Waals surface area contributed by atoms with Crippen LogP contribution in [0.25, 0.3) is 10.9 Å². The lowest BCUT2D eigenvalue weighted by Crippen LogP contribution is -2.01. The summed E-state index contributed by atoms with van der Waals surface area (Å²) in [7, 11) is 0. The number of rotatable bonds is 5. The number of aromatic nitrogens is 1. The van der Waals surface area contributed by atoms with Crippen molar-refractivity contribution in [1.29, 1.82) is 0 Å². The molecule has 0 saturated carbocycles. The Hall–Kier alpha value is -3.02. The van der Waals surface area contributed by atoms with Crippen molar-refractivity contribution in [3.05, 3.63) is 66.2 Å². The first kappa shape index (κ1) is 14.9. The summed E-state index contributed by atoms with van der Waals surface area (Å²) in [6.45, 7) is -2.82. The zero-order chi connectivity index (χ0) is 16.1. The molecule has 116 valence electrons. The van der Waals surface area contributed by atoms with Gasteiger partial charge in [-0.25, -0.2) is 4.98 Å². The second kappa shape index (κ2) is 6.83. The average Bonchev–Trinajstić information content (AvgIpc) is 2.56. The molecule has 0 saturated heterocycles. The van der Waals surface area contributed by atoms with E-state index >= 15 is 0 Å². The van der Waals surface area contributed by atoms with E-state index in [0.29, 0.717) is 5.82 Å². The molecular weight excluding hydrogens is 300 g/mol. The predicted molar refractivity (Wildman–Crippen MR) is 86.0 cm³/mol. The largest absolute Gasteiger partial charge is 0.435 e. The van der Waals surface area contributed by atoms with Gasteiger partial charge in [0.15, 0.2) is 0 Å². The SMILES string of the molecule is FC(F)Oc1ccc(/C=N/Nc2ccc3ccccc3n2)cc1. The molecule has 23 heavy (non-hydrogen) atoms. The molecule has 1 heterocycles. The van der Waals surface area contributed by atoms with Gasteiger partial charge in [-0.15, -0.1) is 0 Å². The van der Waals surface area contributed by atoms with Crippen LogP contribution in [-0.2, 0) is 0 Å². The number of hydrazone groups is 1. The van der Waals surface area contributed by atoms with Crippen LogP contribution >= 0.6 is 0 Å². The normalized spacial score (nSPS) is 11.3. The van der Waals surface area contributed by atoms with Gasteiger partial charge < -0.3 is 4.74 Å². The number of alkyl halides is 2. The number of fused-ring (bicyclic) bond motifs is 1. The lowest BCUT2D eigenvalue weighted by atomic mass is 10.2. The fourth-order valence-corrected chi connectivity index (χ4v) is 2.04. The smallest absolute Gasteiger partial charge is 0.387 e. The van der Waals surface area contributed by atoms with E-state index < -0.39 is 6.61 Å². The first-order valence-electron chi connectivity index (χ1n) is 6.90. The number of nitrogens with zero attached hydrogens (tertiary/aromatic N) is 2. The Labute approximate surface area is 131 Å². The van der Waals surface area contributed by atoms with Crippen LogP contribution in [0.2, 0.25) is 0 Å². The molecule has 1 aromatic heterocycles. The van der Waals surface area contributed by atoms with Gasteiger partial charge in [0.1, 0.15) is 11.6 Å². The Balaban J connectivity index is 1.65. The number of nitrogens with one attached hydrogen (secondary N) is 1. The Morgan fingerprint density at radius 2 is 1.78 bits per heavy atom. The summed E-state index contributed by atoms with van der Waals surface area (Å²) in [6.07, 6.45) is 1.57. The van der Waals surface area contributed by atoms with Gasteiger partial charge in [-0.2, -0.15) is 13.9 Å². The topological polar surface area (TPSA) is 46.5 Å². The van der Waals surface area contributed by atoms with Crippen molar-refractivity contribution in [1.82, 2.24) is 4.98 Å². The molecular formula is C17H13F2N3O. The molecule has 6 heteroatoms. The van der Waals surface area contributed by atoms with E-state index in [0.717, 1.165) is 16.5 Å². The van der Waals surface area contributed by atoms with Gasteiger partial charge in [0.25, 0.3) is 0 Å². The molecule has 3 aromatic rings. The quantitative estimate of drug-likeness (QED) is 0.565. The number of halogens is 2. The average molecular weight is 313 g/mol. The summed E-state index contributed by atoms with van der Waals surface area (Å²) in [5.74, 6) is 0.735. The lowest BCUT2D eigenvalue weighted by molar-refractivity contribution is -0.0498. The summed E-state index contributed by atoms with van der Waals surface area (Å²) >= 11 is 0. The van der Waals surface area contributed by atoms with Crippen molar-refractivity contribution in [3.63, 3.8) is 0 Å². The van der Waals surface area contributed by atoms with Gasteiger partial charge in [0.2, 0.25) is 0 Å². The Morgan fingerprint density at radius 3 is 2.57 bits per heavy atom. The zero-order valence-corrected chi connectivity index (χ0v) is 12.0. The number of pyridine rings is 1. The van der Waals surface area contributed by atoms with Gasteiger partial charge in [0.05, 0.1) is 11.7 Å². The Bertz CT molecular complexity index is 819. The molecule has 0 aliphatic carbocycles. The van der Waals surface area contributed by atoms with E-state index in [1.54, 1.807) is 18.3 Å². The molecule has 0 fully saturated rings. The van der Waals surface area contributed by atoms with Gasteiger partial charge >= 0.3 is 6.61 Å². The number of para-hydroxylation sites is 1. The van der Waals surface area contributed by atoms with E-state index in [-0.39, 0.29) is 5.75 Å². The Morgan fingerprint density at radius 1 is 1.00 bits per heavy atom. The third-order valence-corrected chi connectivity index (χ3v) is 3.10. The highest BCUT2D eigenvalue weighted by atomic mass is 19.3. The minimum atomic E-state index is -2.82. The van der Waals surface area contributed by atoms with Crippen LogP contribution in [0.1, 0.15) is 5.56 Å². The van der Waals surface area contributed by atoms with Crippen molar-refractivity contribution < 1.29 is 13.5 Å². The Kier molecular flexibility index (Phi) is 4.42. The molecule has 1 N–H and O–H groups in total. The van der Waals surface area contributed by atoms with Gasteiger partial charge in [0, 0.05) is 5.39 Å². The predicted octanol–water partition coefficient (Wildman–Crippen LogP) is 4.28. The van der Waals surface area contributed by atoms with E-state index in [2.05, 4.69) is 20.2 Å². The lowest BCUT2D eigenvalue weighted by Gasteiger charge is -2.04. The number of anilines is 1. The molecule has 0 amide bonds. The molecule has 0 aliphatic heterocycles. The van der Waals surface area contributed by atoms with Crippen molar-refractivity contribution in [2.75, 3.05) is 5.43 Å². The summed E-state index contributed by atoms with van der Waals surface area (Å²) in [5.41, 5.74) is 4.47. The van der Waals surface area contributed by atoms with Crippen LogP contribution in [0, 0.1) is 0 Å². The molecule has 3 rings (SSSR count). The first-order chi connectivity index (χ1) is 11.2. The number of benzene rings is 2. The van der Waals surface area contributed by atoms with Crippen molar-refractivity contribution in [3.8, 4) is 5.75 Å². The molecule has 0 radical (unpaired) electrons. The van der Waals surface area contributed by atoms with Crippen LogP contribution in [0.5, 0.6) is 5.75 Å². The van der Waals surface area contributed by atoms with E-state index in [9.17, 15) is 8.78 Å². The van der Waals surface area contributed by atoms with Crippen LogP contribution < -0.4 is 10.2 Å². The van der Waals surface area contributed by atoms with Crippen LogP contribution in [-0.4, -0.2) is 17.8 Å². The molecule has 0 atom stereocenters. The standard InChI is InChI=1S/C17H13F2N3O/c18-17(19)23-14-8-5-12(6-9-14)11-20-22-16-10-7-13-3-1-2-4-15(13)21-16/h1-11,17H,(H,21,22)/b20-11+. The maximum Gasteiger partial charge on any atom is 0.387 e. The fourth-order valence-electron chi connectivity index (χ4n) is 2.04. The van der Waals surface area contributed by atoms with Crippen LogP contribution in [0.3, 0.4) is 0 Å². The van der Waals surface area contributed by atoms with Crippen LogP contribution in [0.15, 0.2) is 65.8 Å². The number of hydrogen-bond acceptors (Lipinski definition) is 4. The molecule has 2 aromatic carbocycles. The minimum absolute atomic E-state index is 0.112. The fraction of sp³-hybridized carbons (Fsp3) is 0.0588. The second-order valence-corrected chi connectivity index (χ2v) is 4.71. The summed E-state index contributed by atoms with van der Waals surface area (Å²) in [5, 5.41) is 5.14. The molecule has 0 unspecified atom stereocenters. The third-order valence-electron chi connectivity index (χ3n) is 3.10. The molecule has 4 nitrogen and oxygen atoms in total. The molecule has 0 spiro atoms. The monoisotopic (exact) mass is 313 g/mol. The summed E-state index contributed by atoms with van der Waals surface area (Å²) in [6, 6.07) is 17.8. The van der Waals surface area contributed by atoms with Crippen molar-refractivity contribution in [2.24, 2.45) is 5.10 Å². The van der Waals surface area contributed by atoms with E-state index in [4.69, 9.17) is 0 Å². The van der Waals surface area contributed by atoms with Crippen molar-refractivity contribution >= 4 is 22.9 Å². The number of ether oxygens (including phenoxy) is 1. The zero-order valence-electron chi connectivity index (χ0n) is 12.0. The maximum absolute atomic E-state index is 12.1. The third kappa shape index (κ3) is 4.00. The van der Waals surface area contributed by atoms with Gasteiger partial charge in [-0.3, -0.25) is 5.43 Å². The van der Waals surface area contributed by atoms with Crippen molar-refractivity contribution in [2.45, 2.75) is 6.61 Å². The van der Waals surface area contributed by atoms with Gasteiger partial charge in [-0.1, -0.05) is 18.2 Å². The highest BCUT2D eigenvalue weighted by Crippen LogP contribution is 2.15. The molecule has 0 aliphatic rings. The first-order valence-corrected chi connectivity index (χ1v) is 6.90. The number of hydrogen-bond donors (Lipinski definition) is 1. The summed E-state index contributed by atoms with van der Waals surface area (Å²) in [4.78, 5) is 4.42. The maximum atomic E-state index is 12.1. The van der Waals surface area contributed by atoms with Gasteiger partial charge in [-0.05, 0) is 48.0 Å².